The van der Waals surface area contributed by atoms with E-state index in [1.54, 1.807) is 19.3 Å². The number of nitrogens with zero attached hydrogens (tertiary/aromatic N) is 5. The Morgan fingerprint density at radius 3 is 2.52 bits per heavy atom. The summed E-state index contributed by atoms with van der Waals surface area (Å²) < 4.78 is 7.36. The highest BCUT2D eigenvalue weighted by atomic mass is 16.5. The molecule has 1 aliphatic rings. The summed E-state index contributed by atoms with van der Waals surface area (Å²) in [6, 6.07) is 8.73. The molecular formula is C26H35N5O2. The number of hydrogen-bond donors (Lipinski definition) is 0. The number of anilines is 1. The Hall–Kier alpha value is -2.93. The summed E-state index contributed by atoms with van der Waals surface area (Å²) in [7, 11) is 0. The van der Waals surface area contributed by atoms with Crippen molar-refractivity contribution in [1.82, 2.24) is 19.4 Å². The number of rotatable bonds is 9. The first-order valence-corrected chi connectivity index (χ1v) is 12.2. The van der Waals surface area contributed by atoms with Crippen LogP contribution in [0.5, 0.6) is 0 Å². The Morgan fingerprint density at radius 1 is 1.12 bits per heavy atom. The van der Waals surface area contributed by atoms with E-state index in [0.29, 0.717) is 24.0 Å². The van der Waals surface area contributed by atoms with Gasteiger partial charge in [0, 0.05) is 62.2 Å². The minimum atomic E-state index is -0.371. The fourth-order valence-corrected chi connectivity index (χ4v) is 4.74. The lowest BCUT2D eigenvalue weighted by molar-refractivity contribution is 0.0525. The van der Waals surface area contributed by atoms with Crippen LogP contribution in [0.1, 0.15) is 49.5 Å². The standard InChI is InChI=1S/C26H35N5O2/c1-4-29(18-22-19-30(5-2)24-10-8-7-9-23(22)24)17-20-11-13-31(14-12-20)26-27-15-21(16-28-26)25(32)33-6-3/h7-10,15-16,19-20H,4-6,11-14,17-18H2,1-3H3. The van der Waals surface area contributed by atoms with Crippen molar-refractivity contribution < 1.29 is 9.53 Å². The van der Waals surface area contributed by atoms with E-state index in [0.717, 1.165) is 52.1 Å². The topological polar surface area (TPSA) is 63.5 Å². The summed E-state index contributed by atoms with van der Waals surface area (Å²) in [5, 5.41) is 1.37. The third kappa shape index (κ3) is 5.36. The Labute approximate surface area is 196 Å². The Bertz CT molecular complexity index is 1050. The number of carbonyl (C=O) groups is 1. The van der Waals surface area contributed by atoms with Gasteiger partial charge in [-0.05, 0) is 50.8 Å². The molecule has 176 valence electrons. The predicted molar refractivity (Wildman–Crippen MR) is 131 cm³/mol. The van der Waals surface area contributed by atoms with E-state index >= 15 is 0 Å². The highest BCUT2D eigenvalue weighted by molar-refractivity contribution is 5.88. The van der Waals surface area contributed by atoms with Gasteiger partial charge in [0.15, 0.2) is 0 Å². The van der Waals surface area contributed by atoms with Crippen molar-refractivity contribution in [2.24, 2.45) is 5.92 Å². The Balaban J connectivity index is 1.33. The van der Waals surface area contributed by atoms with Gasteiger partial charge in [0.1, 0.15) is 0 Å². The molecule has 2 aromatic heterocycles. The van der Waals surface area contributed by atoms with Crippen LogP contribution in [0.3, 0.4) is 0 Å². The number of ether oxygens (including phenoxy) is 1. The maximum absolute atomic E-state index is 11.8. The molecule has 0 atom stereocenters. The molecule has 0 unspecified atom stereocenters. The second-order valence-electron chi connectivity index (χ2n) is 8.71. The van der Waals surface area contributed by atoms with Crippen LogP contribution >= 0.6 is 0 Å². The molecule has 1 fully saturated rings. The van der Waals surface area contributed by atoms with Crippen molar-refractivity contribution in [3.8, 4) is 0 Å². The van der Waals surface area contributed by atoms with E-state index in [1.807, 2.05) is 0 Å². The maximum Gasteiger partial charge on any atom is 0.341 e. The van der Waals surface area contributed by atoms with Crippen LogP contribution in [0.4, 0.5) is 5.95 Å². The number of aromatic nitrogens is 3. The molecule has 0 spiro atoms. The van der Waals surface area contributed by atoms with Gasteiger partial charge >= 0.3 is 5.97 Å². The lowest BCUT2D eigenvalue weighted by Crippen LogP contribution is -2.39. The number of fused-ring (bicyclic) bond motifs is 1. The summed E-state index contributed by atoms with van der Waals surface area (Å²) in [6.45, 7) is 12.6. The molecular weight excluding hydrogens is 414 g/mol. The van der Waals surface area contributed by atoms with Crippen molar-refractivity contribution in [2.75, 3.05) is 37.7 Å². The first-order chi connectivity index (χ1) is 16.1. The van der Waals surface area contributed by atoms with Gasteiger partial charge in [-0.15, -0.1) is 0 Å². The second kappa shape index (κ2) is 10.8. The third-order valence-corrected chi connectivity index (χ3v) is 6.62. The summed E-state index contributed by atoms with van der Waals surface area (Å²) >= 11 is 0. The van der Waals surface area contributed by atoms with Crippen LogP contribution in [0.2, 0.25) is 0 Å². The van der Waals surface area contributed by atoms with E-state index in [1.165, 1.54) is 16.5 Å². The molecule has 1 saturated heterocycles. The molecule has 33 heavy (non-hydrogen) atoms. The zero-order valence-electron chi connectivity index (χ0n) is 20.0. The number of benzene rings is 1. The smallest absolute Gasteiger partial charge is 0.341 e. The average molecular weight is 450 g/mol. The highest BCUT2D eigenvalue weighted by Crippen LogP contribution is 2.25. The molecule has 1 aromatic carbocycles. The zero-order valence-corrected chi connectivity index (χ0v) is 20.0. The van der Waals surface area contributed by atoms with Crippen molar-refractivity contribution in [2.45, 2.75) is 46.7 Å². The normalized spacial score (nSPS) is 14.8. The van der Waals surface area contributed by atoms with E-state index in [9.17, 15) is 4.79 Å². The number of piperidine rings is 1. The number of esters is 1. The van der Waals surface area contributed by atoms with Crippen molar-refractivity contribution >= 4 is 22.8 Å². The fraction of sp³-hybridized carbons (Fsp3) is 0.500. The number of para-hydroxylation sites is 1. The van der Waals surface area contributed by atoms with Gasteiger partial charge in [0.2, 0.25) is 5.95 Å². The van der Waals surface area contributed by atoms with Gasteiger partial charge in [0.25, 0.3) is 0 Å². The number of aryl methyl sites for hydroxylation is 1. The highest BCUT2D eigenvalue weighted by Gasteiger charge is 2.23. The Morgan fingerprint density at radius 2 is 1.85 bits per heavy atom. The second-order valence-corrected chi connectivity index (χ2v) is 8.71. The van der Waals surface area contributed by atoms with Crippen LogP contribution in [0.15, 0.2) is 42.9 Å². The summed E-state index contributed by atoms with van der Waals surface area (Å²) in [5.41, 5.74) is 3.15. The lowest BCUT2D eigenvalue weighted by atomic mass is 9.96. The molecule has 0 aliphatic carbocycles. The SMILES string of the molecule is CCOC(=O)c1cnc(N2CCC(CN(CC)Cc3cn(CC)c4ccccc34)CC2)nc1. The summed E-state index contributed by atoms with van der Waals surface area (Å²) in [4.78, 5) is 25.4. The fourth-order valence-electron chi connectivity index (χ4n) is 4.74. The van der Waals surface area contributed by atoms with Crippen molar-refractivity contribution in [1.29, 1.82) is 0 Å². The molecule has 7 nitrogen and oxygen atoms in total. The van der Waals surface area contributed by atoms with Crippen LogP contribution in [0.25, 0.3) is 10.9 Å². The molecule has 0 amide bonds. The van der Waals surface area contributed by atoms with Gasteiger partial charge in [0.05, 0.1) is 12.2 Å². The summed E-state index contributed by atoms with van der Waals surface area (Å²) in [5.74, 6) is 0.991. The van der Waals surface area contributed by atoms with Gasteiger partial charge in [-0.25, -0.2) is 14.8 Å². The molecule has 0 bridgehead atoms. The first-order valence-electron chi connectivity index (χ1n) is 12.2. The minimum absolute atomic E-state index is 0.351. The maximum atomic E-state index is 11.8. The van der Waals surface area contributed by atoms with E-state index in [2.05, 4.69) is 68.6 Å². The van der Waals surface area contributed by atoms with Gasteiger partial charge in [-0.1, -0.05) is 25.1 Å². The van der Waals surface area contributed by atoms with Gasteiger partial charge < -0.3 is 14.2 Å². The quantitative estimate of drug-likeness (QED) is 0.452. The van der Waals surface area contributed by atoms with Crippen LogP contribution < -0.4 is 4.90 Å². The molecule has 0 saturated carbocycles. The molecule has 0 N–H and O–H groups in total. The Kier molecular flexibility index (Phi) is 7.60. The molecule has 3 heterocycles. The van der Waals surface area contributed by atoms with Crippen molar-refractivity contribution in [3.05, 3.63) is 54.0 Å². The molecule has 3 aromatic rings. The average Bonchev–Trinajstić information content (AvgIpc) is 3.22. The molecule has 4 rings (SSSR count). The van der Waals surface area contributed by atoms with Crippen LogP contribution in [0, 0.1) is 5.92 Å². The molecule has 7 heteroatoms. The largest absolute Gasteiger partial charge is 0.462 e. The monoisotopic (exact) mass is 449 g/mol. The van der Waals surface area contributed by atoms with Crippen LogP contribution in [-0.4, -0.2) is 58.2 Å². The molecule has 0 radical (unpaired) electrons. The van der Waals surface area contributed by atoms with E-state index in [-0.39, 0.29) is 5.97 Å². The lowest BCUT2D eigenvalue weighted by Gasteiger charge is -2.34. The van der Waals surface area contributed by atoms with Crippen LogP contribution in [-0.2, 0) is 17.8 Å². The van der Waals surface area contributed by atoms with E-state index < -0.39 is 0 Å². The third-order valence-electron chi connectivity index (χ3n) is 6.62. The number of hydrogen-bond acceptors (Lipinski definition) is 6. The zero-order chi connectivity index (χ0) is 23.2. The number of carbonyl (C=O) groups excluding carboxylic acids is 1. The predicted octanol–water partition coefficient (Wildman–Crippen LogP) is 4.37. The van der Waals surface area contributed by atoms with Gasteiger partial charge in [-0.2, -0.15) is 0 Å². The van der Waals surface area contributed by atoms with Gasteiger partial charge in [-0.3, -0.25) is 4.90 Å². The molecule has 1 aliphatic heterocycles. The first kappa shape index (κ1) is 23.2. The minimum Gasteiger partial charge on any atom is -0.462 e. The summed E-state index contributed by atoms with van der Waals surface area (Å²) in [6.07, 6.45) is 7.70. The van der Waals surface area contributed by atoms with E-state index in [4.69, 9.17) is 4.74 Å². The van der Waals surface area contributed by atoms with Crippen molar-refractivity contribution in [3.63, 3.8) is 0 Å².